The number of aromatic nitrogens is 2. The van der Waals surface area contributed by atoms with E-state index in [1.54, 1.807) is 11.9 Å². The molecule has 8 fully saturated rings. The summed E-state index contributed by atoms with van der Waals surface area (Å²) in [5.41, 5.74) is 4.20. The number of amides is 2. The van der Waals surface area contributed by atoms with Gasteiger partial charge in [0.05, 0.1) is 26.8 Å². The molecule has 0 bridgehead atoms. The van der Waals surface area contributed by atoms with E-state index in [1.807, 2.05) is 38.1 Å². The average Bonchev–Trinajstić information content (AvgIpc) is 4.05. The van der Waals surface area contributed by atoms with Crippen LogP contribution in [0.15, 0.2) is 58.3 Å². The molecule has 4 aromatic rings. The number of nitrogens with one attached hydrogen (secondary N) is 4. The van der Waals surface area contributed by atoms with Crippen LogP contribution in [-0.2, 0) is 25.4 Å². The number of carbonyl (C=O) groups excluding carboxylic acids is 3. The molecule has 2 aromatic heterocycles. The Labute approximate surface area is 415 Å². The minimum absolute atomic E-state index is 0.0318. The van der Waals surface area contributed by atoms with Crippen LogP contribution in [0.25, 0.3) is 21.8 Å². The van der Waals surface area contributed by atoms with Crippen molar-refractivity contribution in [3.8, 4) is 0 Å². The van der Waals surface area contributed by atoms with Gasteiger partial charge in [0.1, 0.15) is 28.9 Å². The van der Waals surface area contributed by atoms with Crippen LogP contribution in [0.1, 0.15) is 113 Å². The van der Waals surface area contributed by atoms with E-state index in [1.165, 1.54) is 41.7 Å². The highest BCUT2D eigenvalue weighted by Gasteiger charge is 2.75. The minimum Gasteiger partial charge on any atom is -0.371 e. The zero-order valence-electron chi connectivity index (χ0n) is 42.0. The van der Waals surface area contributed by atoms with E-state index in [2.05, 4.69) is 101 Å². The molecule has 12 rings (SSSR count). The number of benzene rings is 2. The van der Waals surface area contributed by atoms with Crippen LogP contribution in [0.5, 0.6) is 0 Å². The normalized spacial score (nSPS) is 28.1. The van der Waals surface area contributed by atoms with Crippen molar-refractivity contribution in [2.45, 2.75) is 140 Å². The maximum atomic E-state index is 13.2. The van der Waals surface area contributed by atoms with Crippen molar-refractivity contribution in [1.29, 1.82) is 0 Å². The topological polar surface area (TPSA) is 152 Å². The quantitative estimate of drug-likeness (QED) is 0.0707. The highest BCUT2D eigenvalue weighted by Crippen LogP contribution is 2.76. The predicted molar refractivity (Wildman–Crippen MR) is 280 cm³/mol. The monoisotopic (exact) mass is 976 g/mol. The number of hydrogen-bond donors (Lipinski definition) is 4. The van der Waals surface area contributed by atoms with Gasteiger partial charge in [-0.25, -0.2) is 18.9 Å². The lowest BCUT2D eigenvalue weighted by Crippen LogP contribution is -2.50. The predicted octanol–water partition coefficient (Wildman–Crippen LogP) is 9.33. The first kappa shape index (κ1) is 48.5. The van der Waals surface area contributed by atoms with Gasteiger partial charge in [0.25, 0.3) is 0 Å². The first-order valence-electron chi connectivity index (χ1n) is 25.7. The van der Waals surface area contributed by atoms with Gasteiger partial charge in [0.2, 0.25) is 11.8 Å². The van der Waals surface area contributed by atoms with Crippen LogP contribution in [-0.4, -0.2) is 94.1 Å². The highest BCUT2D eigenvalue weighted by atomic mass is 32.2. The van der Waals surface area contributed by atoms with E-state index >= 15 is 0 Å². The Kier molecular flexibility index (Phi) is 13.0. The van der Waals surface area contributed by atoms with Crippen molar-refractivity contribution < 1.29 is 18.6 Å². The van der Waals surface area contributed by atoms with Crippen molar-refractivity contribution in [3.05, 3.63) is 48.5 Å². The third-order valence-electron chi connectivity index (χ3n) is 16.6. The number of rotatable bonds is 14. The Morgan fingerprint density at radius 2 is 1.28 bits per heavy atom. The second-order valence-corrected chi connectivity index (χ2v) is 25.4. The van der Waals surface area contributed by atoms with Crippen LogP contribution < -0.4 is 29.9 Å². The Balaban J connectivity index is 0.000000146. The van der Waals surface area contributed by atoms with Gasteiger partial charge in [-0.2, -0.15) is 0 Å². The number of piperidine rings is 1. The molecular formula is C54H73N9O4S2. The number of anilines is 4. The molecule has 2 amide bonds. The summed E-state index contributed by atoms with van der Waals surface area (Å²) in [6, 6.07) is 17.0. The number of likely N-dealkylation sites (N-methyl/N-ethyl adjacent to an activating group) is 1. The van der Waals surface area contributed by atoms with Crippen molar-refractivity contribution in [2.75, 3.05) is 60.2 Å². The van der Waals surface area contributed by atoms with Gasteiger partial charge in [-0.15, -0.1) is 0 Å². The molecule has 2 saturated heterocycles. The Bertz CT molecular complexity index is 2670. The van der Waals surface area contributed by atoms with Crippen LogP contribution in [0.2, 0.25) is 0 Å². The maximum Gasteiger partial charge on any atom is 0.232 e. The second-order valence-electron chi connectivity index (χ2n) is 23.3. The molecule has 2 aliphatic heterocycles. The zero-order chi connectivity index (χ0) is 48.6. The van der Waals surface area contributed by atoms with E-state index in [9.17, 15) is 18.6 Å². The molecular weight excluding hydrogens is 903 g/mol. The molecule has 2 unspecified atom stereocenters. The Morgan fingerprint density at radius 3 is 1.75 bits per heavy atom. The third kappa shape index (κ3) is 10.6. The van der Waals surface area contributed by atoms with E-state index in [0.717, 1.165) is 116 Å². The van der Waals surface area contributed by atoms with E-state index in [4.69, 9.17) is 9.97 Å². The smallest absolute Gasteiger partial charge is 0.232 e. The molecule has 6 aliphatic carbocycles. The third-order valence-corrected chi connectivity index (χ3v) is 19.0. The van der Waals surface area contributed by atoms with Gasteiger partial charge in [-0.3, -0.25) is 14.3 Å². The van der Waals surface area contributed by atoms with Gasteiger partial charge in [-0.05, 0) is 176 Å². The first-order valence-corrected chi connectivity index (χ1v) is 27.7. The lowest BCUT2D eigenvalue weighted by Gasteiger charge is -2.39. The zero-order valence-corrected chi connectivity index (χ0v) is 43.6. The van der Waals surface area contributed by atoms with Crippen LogP contribution in [0.4, 0.5) is 23.0 Å². The van der Waals surface area contributed by atoms with Crippen molar-refractivity contribution in [3.63, 3.8) is 0 Å². The maximum absolute atomic E-state index is 13.2. The summed E-state index contributed by atoms with van der Waals surface area (Å²) >= 11 is 1.72. The van der Waals surface area contributed by atoms with Crippen LogP contribution in [0, 0.1) is 40.4 Å². The van der Waals surface area contributed by atoms with Gasteiger partial charge in [0, 0.05) is 82.8 Å². The van der Waals surface area contributed by atoms with Crippen LogP contribution >= 0.6 is 11.9 Å². The first-order chi connectivity index (χ1) is 32.9. The van der Waals surface area contributed by atoms with Gasteiger partial charge in [0.15, 0.2) is 0 Å². The molecule has 370 valence electrons. The number of hydrogen-bond acceptors (Lipinski definition) is 11. The fraction of sp³-hybridized carbons (Fsp3) is 0.611. The number of piperazine rings is 1. The SMILES string of the molecule is CC(C)C1CCN(c2cc(SNC3(C)CC3)cc3nc(NC(=O)C45CC4C5)ccc23)CC1.CC(C)C=O.CC1CN(c2cc(S(=O)NC3(C)CC3)cc3nc(NC(=O)C45CC4C5)ccc23)CCN1C. The van der Waals surface area contributed by atoms with Crippen molar-refractivity contribution >= 4 is 85.9 Å². The molecule has 8 aliphatic rings. The van der Waals surface area contributed by atoms with Gasteiger partial charge in [-0.1, -0.05) is 27.7 Å². The molecule has 2 atom stereocenters. The van der Waals surface area contributed by atoms with Gasteiger partial charge >= 0.3 is 0 Å². The standard InChI is InChI=1S/C26H34N4OS.C24H31N5O2S.C4H8O/c1-16(2)17-6-10-30(11-7-17)22-13-19(32-29-25(3)8-9-25)12-21-20(22)4-5-23(27-21)28-24(31)26-14-18(26)15-26;1-15-14-29(9-8-28(15)3)20-11-17(32(31)27-23(2)6-7-23)10-19-18(20)4-5-21(25-19)26-22(30)24-12-16(24)13-24;1-4(2)3-5/h4-5,12-13,16-18,29H,6-11,14-15H2,1-3H3,(H,27,28,31);4-5,10-11,15-16,27H,6-9,12-14H2,1-3H3,(H,25,26,30);3-4H,1-2H3. The number of fused-ring (bicyclic) bond motifs is 4. The molecule has 0 radical (unpaired) electrons. The Hall–Kier alpha value is -4.15. The van der Waals surface area contributed by atoms with Crippen molar-refractivity contribution in [2.24, 2.45) is 40.4 Å². The fourth-order valence-electron chi connectivity index (χ4n) is 9.95. The molecule has 69 heavy (non-hydrogen) atoms. The van der Waals surface area contributed by atoms with Crippen molar-refractivity contribution in [1.82, 2.24) is 24.3 Å². The summed E-state index contributed by atoms with van der Waals surface area (Å²) in [6.07, 6.45) is 12.1. The summed E-state index contributed by atoms with van der Waals surface area (Å²) < 4.78 is 20.1. The van der Waals surface area contributed by atoms with Gasteiger partial charge < -0.3 is 30.1 Å². The minimum atomic E-state index is -1.31. The number of nitrogens with zero attached hydrogens (tertiary/aromatic N) is 5. The summed E-state index contributed by atoms with van der Waals surface area (Å²) in [6.45, 7) is 20.0. The summed E-state index contributed by atoms with van der Waals surface area (Å²) in [4.78, 5) is 53.6. The molecule has 15 heteroatoms. The summed E-state index contributed by atoms with van der Waals surface area (Å²) in [7, 11) is 0.853. The van der Waals surface area contributed by atoms with E-state index < -0.39 is 11.0 Å². The molecule has 4 heterocycles. The highest BCUT2D eigenvalue weighted by molar-refractivity contribution is 7.97. The Morgan fingerprint density at radius 1 is 0.754 bits per heavy atom. The number of aldehydes is 1. The number of pyridine rings is 2. The molecule has 2 aromatic carbocycles. The molecule has 4 N–H and O–H groups in total. The second kappa shape index (κ2) is 18.5. The molecule has 13 nitrogen and oxygen atoms in total. The van der Waals surface area contributed by atoms with Crippen LogP contribution in [0.3, 0.4) is 0 Å². The lowest BCUT2D eigenvalue weighted by atomic mass is 9.86. The summed E-state index contributed by atoms with van der Waals surface area (Å²) in [5, 5.41) is 8.34. The molecule has 6 saturated carbocycles. The molecule has 0 spiro atoms. The lowest BCUT2D eigenvalue weighted by molar-refractivity contribution is -0.120. The van der Waals surface area contributed by atoms with E-state index in [-0.39, 0.29) is 39.6 Å². The summed E-state index contributed by atoms with van der Waals surface area (Å²) in [5.74, 6) is 4.54. The average molecular weight is 976 g/mol. The largest absolute Gasteiger partial charge is 0.371 e. The fourth-order valence-corrected chi connectivity index (χ4v) is 12.1. The number of carbonyl (C=O) groups is 3. The van der Waals surface area contributed by atoms with E-state index in [0.29, 0.717) is 29.5 Å².